The minimum Gasteiger partial charge on any atom is -0.348 e. The van der Waals surface area contributed by atoms with E-state index in [0.717, 1.165) is 5.69 Å². The third-order valence-corrected chi connectivity index (χ3v) is 2.66. The summed E-state index contributed by atoms with van der Waals surface area (Å²) in [7, 11) is 0. The van der Waals surface area contributed by atoms with Gasteiger partial charge >= 0.3 is 0 Å². The van der Waals surface area contributed by atoms with E-state index >= 15 is 0 Å². The predicted molar refractivity (Wildman–Crippen MR) is 63.7 cm³/mol. The third-order valence-electron chi connectivity index (χ3n) is 2.37. The van der Waals surface area contributed by atoms with E-state index in [1.165, 1.54) is 4.90 Å². The minimum absolute atomic E-state index is 0.0151. The van der Waals surface area contributed by atoms with E-state index in [0.29, 0.717) is 5.11 Å². The average Bonchev–Trinajstić information content (AvgIpc) is 2.38. The molecule has 0 aliphatic carbocycles. The first-order valence-electron chi connectivity index (χ1n) is 4.74. The molecule has 0 atom stereocenters. The molecular weight excluding hydrogens is 208 g/mol. The highest BCUT2D eigenvalue weighted by atomic mass is 32.1. The van der Waals surface area contributed by atoms with Crippen LogP contribution < -0.4 is 10.2 Å². The Labute approximate surface area is 94.1 Å². The molecule has 1 saturated heterocycles. The zero-order valence-electron chi connectivity index (χ0n) is 8.65. The van der Waals surface area contributed by atoms with Gasteiger partial charge in [-0.3, -0.25) is 9.69 Å². The van der Waals surface area contributed by atoms with Crippen molar-refractivity contribution in [2.24, 2.45) is 0 Å². The molecule has 1 aromatic carbocycles. The Hall–Kier alpha value is -1.42. The fourth-order valence-corrected chi connectivity index (χ4v) is 2.00. The number of amides is 1. The maximum Gasteiger partial charge on any atom is 0.258 e. The summed E-state index contributed by atoms with van der Waals surface area (Å²) >= 11 is 5.14. The second-order valence-electron chi connectivity index (χ2n) is 4.03. The maximum atomic E-state index is 12.0. The first-order chi connectivity index (χ1) is 7.02. The fourth-order valence-electron chi connectivity index (χ4n) is 1.56. The second-order valence-corrected chi connectivity index (χ2v) is 4.42. The van der Waals surface area contributed by atoms with E-state index in [1.807, 2.05) is 44.2 Å². The number of rotatable bonds is 1. The molecule has 1 heterocycles. The molecule has 1 aliphatic heterocycles. The van der Waals surface area contributed by atoms with Crippen molar-refractivity contribution in [1.82, 2.24) is 5.32 Å². The van der Waals surface area contributed by atoms with Gasteiger partial charge in [0.2, 0.25) is 0 Å². The van der Waals surface area contributed by atoms with Gasteiger partial charge in [0.05, 0.1) is 5.69 Å². The molecule has 1 N–H and O–H groups in total. The Balaban J connectivity index is 2.40. The minimum atomic E-state index is -0.604. The Bertz CT molecular complexity index is 414. The summed E-state index contributed by atoms with van der Waals surface area (Å²) in [6, 6.07) is 9.42. The van der Waals surface area contributed by atoms with Crippen molar-refractivity contribution in [2.75, 3.05) is 4.90 Å². The van der Waals surface area contributed by atoms with E-state index in [9.17, 15) is 4.79 Å². The fraction of sp³-hybridized carbons (Fsp3) is 0.273. The highest BCUT2D eigenvalue weighted by Gasteiger charge is 2.42. The number of thiocarbonyl (C=S) groups is 1. The predicted octanol–water partition coefficient (Wildman–Crippen LogP) is 1.69. The van der Waals surface area contributed by atoms with Gasteiger partial charge in [-0.25, -0.2) is 0 Å². The van der Waals surface area contributed by atoms with Gasteiger partial charge in [0.25, 0.3) is 5.91 Å². The average molecular weight is 220 g/mol. The molecule has 1 amide bonds. The van der Waals surface area contributed by atoms with Gasteiger partial charge in [-0.15, -0.1) is 0 Å². The quantitative estimate of drug-likeness (QED) is 0.731. The molecule has 0 radical (unpaired) electrons. The van der Waals surface area contributed by atoms with Gasteiger partial charge < -0.3 is 5.32 Å². The lowest BCUT2D eigenvalue weighted by Crippen LogP contribution is -2.40. The van der Waals surface area contributed by atoms with E-state index in [4.69, 9.17) is 12.2 Å². The summed E-state index contributed by atoms with van der Waals surface area (Å²) in [6.07, 6.45) is 0. The Morgan fingerprint density at radius 1 is 1.27 bits per heavy atom. The molecule has 0 saturated carbocycles. The van der Waals surface area contributed by atoms with Gasteiger partial charge in [0, 0.05) is 0 Å². The van der Waals surface area contributed by atoms with Gasteiger partial charge in [0.1, 0.15) is 5.54 Å². The number of nitrogens with one attached hydrogen (secondary N) is 1. The van der Waals surface area contributed by atoms with Gasteiger partial charge in [0.15, 0.2) is 5.11 Å². The van der Waals surface area contributed by atoms with Crippen LogP contribution in [0.4, 0.5) is 5.69 Å². The highest BCUT2D eigenvalue weighted by Crippen LogP contribution is 2.23. The van der Waals surface area contributed by atoms with Crippen molar-refractivity contribution < 1.29 is 4.79 Å². The molecule has 4 heteroatoms. The molecule has 0 spiro atoms. The van der Waals surface area contributed by atoms with Crippen molar-refractivity contribution in [3.63, 3.8) is 0 Å². The maximum absolute atomic E-state index is 12.0. The topological polar surface area (TPSA) is 32.3 Å². The van der Waals surface area contributed by atoms with Crippen molar-refractivity contribution in [1.29, 1.82) is 0 Å². The van der Waals surface area contributed by atoms with Crippen LogP contribution in [0.3, 0.4) is 0 Å². The van der Waals surface area contributed by atoms with Crippen molar-refractivity contribution in [3.05, 3.63) is 30.3 Å². The van der Waals surface area contributed by atoms with Gasteiger partial charge in [-0.1, -0.05) is 18.2 Å². The zero-order valence-corrected chi connectivity index (χ0v) is 9.47. The summed E-state index contributed by atoms with van der Waals surface area (Å²) in [4.78, 5) is 13.6. The summed E-state index contributed by atoms with van der Waals surface area (Å²) in [5, 5.41) is 3.47. The van der Waals surface area contributed by atoms with Gasteiger partial charge in [-0.2, -0.15) is 0 Å². The molecule has 0 bridgehead atoms. The number of anilines is 1. The van der Waals surface area contributed by atoms with Crippen LogP contribution in [0.25, 0.3) is 0 Å². The van der Waals surface area contributed by atoms with E-state index in [2.05, 4.69) is 5.32 Å². The number of benzene rings is 1. The second kappa shape index (κ2) is 3.31. The number of hydrogen-bond acceptors (Lipinski definition) is 2. The molecule has 0 aromatic heterocycles. The smallest absolute Gasteiger partial charge is 0.258 e. The molecule has 1 aromatic rings. The molecule has 1 aliphatic rings. The van der Waals surface area contributed by atoms with Crippen LogP contribution in [0.2, 0.25) is 0 Å². The van der Waals surface area contributed by atoms with Crippen LogP contribution in [0.15, 0.2) is 30.3 Å². The lowest BCUT2D eigenvalue weighted by molar-refractivity contribution is -0.120. The molecule has 3 nitrogen and oxygen atoms in total. The SMILES string of the molecule is CC1(C)NC(=S)N(c2ccccc2)C1=O. The lowest BCUT2D eigenvalue weighted by atomic mass is 10.1. The number of carbonyl (C=O) groups is 1. The highest BCUT2D eigenvalue weighted by molar-refractivity contribution is 7.80. The van der Waals surface area contributed by atoms with Crippen LogP contribution >= 0.6 is 12.2 Å². The monoisotopic (exact) mass is 220 g/mol. The standard InChI is InChI=1S/C11H12N2OS/c1-11(2)9(14)13(10(15)12-11)8-6-4-3-5-7-8/h3-7H,1-2H3,(H,12,15). The zero-order chi connectivity index (χ0) is 11.1. The molecule has 1 fully saturated rings. The number of carbonyl (C=O) groups excluding carboxylic acids is 1. The normalized spacial score (nSPS) is 19.2. The Morgan fingerprint density at radius 2 is 1.87 bits per heavy atom. The first-order valence-corrected chi connectivity index (χ1v) is 5.15. The van der Waals surface area contributed by atoms with Crippen LogP contribution in [0.5, 0.6) is 0 Å². The molecule has 0 unspecified atom stereocenters. The summed E-state index contributed by atoms with van der Waals surface area (Å²) in [6.45, 7) is 3.65. The summed E-state index contributed by atoms with van der Waals surface area (Å²) in [5.74, 6) is -0.0151. The molecule has 15 heavy (non-hydrogen) atoms. The molecule has 2 rings (SSSR count). The van der Waals surface area contributed by atoms with Crippen LogP contribution in [-0.4, -0.2) is 16.6 Å². The summed E-state index contributed by atoms with van der Waals surface area (Å²) in [5.41, 5.74) is 0.206. The number of para-hydroxylation sites is 1. The number of hydrogen-bond donors (Lipinski definition) is 1. The van der Waals surface area contributed by atoms with E-state index in [-0.39, 0.29) is 5.91 Å². The Morgan fingerprint density at radius 3 is 2.33 bits per heavy atom. The van der Waals surface area contributed by atoms with Crippen LogP contribution in [0, 0.1) is 0 Å². The lowest BCUT2D eigenvalue weighted by Gasteiger charge is -2.16. The van der Waals surface area contributed by atoms with Crippen LogP contribution in [0.1, 0.15) is 13.8 Å². The van der Waals surface area contributed by atoms with Crippen molar-refractivity contribution >= 4 is 28.9 Å². The van der Waals surface area contributed by atoms with Crippen molar-refractivity contribution in [3.8, 4) is 0 Å². The first kappa shape index (κ1) is 10.1. The van der Waals surface area contributed by atoms with E-state index < -0.39 is 5.54 Å². The van der Waals surface area contributed by atoms with Gasteiger partial charge in [-0.05, 0) is 38.2 Å². The van der Waals surface area contributed by atoms with Crippen molar-refractivity contribution in [2.45, 2.75) is 19.4 Å². The number of nitrogens with zero attached hydrogens (tertiary/aromatic N) is 1. The van der Waals surface area contributed by atoms with Crippen LogP contribution in [-0.2, 0) is 4.79 Å². The third kappa shape index (κ3) is 1.61. The molecule has 78 valence electrons. The molecular formula is C11H12N2OS. The largest absolute Gasteiger partial charge is 0.348 e. The summed E-state index contributed by atoms with van der Waals surface area (Å²) < 4.78 is 0. The Kier molecular flexibility index (Phi) is 2.23. The van der Waals surface area contributed by atoms with E-state index in [1.54, 1.807) is 0 Å².